The van der Waals surface area contributed by atoms with Gasteiger partial charge < -0.3 is 9.84 Å². The van der Waals surface area contributed by atoms with Gasteiger partial charge in [-0.3, -0.25) is 0 Å². The maximum absolute atomic E-state index is 10.3. The third-order valence-electron chi connectivity index (χ3n) is 3.65. The number of benzene rings is 1. The lowest BCUT2D eigenvalue weighted by molar-refractivity contribution is 0.0816. The zero-order valence-electron chi connectivity index (χ0n) is 10.3. The average molecular weight is 262 g/mol. The van der Waals surface area contributed by atoms with Crippen LogP contribution in [0.2, 0.25) is 0 Å². The van der Waals surface area contributed by atoms with Gasteiger partial charge in [0.25, 0.3) is 0 Å². The summed E-state index contributed by atoms with van der Waals surface area (Å²) in [5.74, 6) is 0. The van der Waals surface area contributed by atoms with E-state index in [1.54, 1.807) is 11.3 Å². The van der Waals surface area contributed by atoms with Gasteiger partial charge in [0.1, 0.15) is 0 Å². The van der Waals surface area contributed by atoms with Crippen molar-refractivity contribution < 1.29 is 9.84 Å². The number of ether oxygens (including phenoxy) is 1. The summed E-state index contributed by atoms with van der Waals surface area (Å²) < 4.78 is 6.82. The number of hydrogen-bond donors (Lipinski definition) is 1. The Morgan fingerprint density at radius 1 is 1.39 bits per heavy atom. The molecule has 0 amide bonds. The van der Waals surface area contributed by atoms with Crippen LogP contribution < -0.4 is 0 Å². The molecule has 18 heavy (non-hydrogen) atoms. The molecular weight excluding hydrogens is 244 g/mol. The number of thiophene rings is 1. The van der Waals surface area contributed by atoms with Crippen LogP contribution in [0.5, 0.6) is 0 Å². The molecule has 1 aliphatic heterocycles. The van der Waals surface area contributed by atoms with E-state index < -0.39 is 0 Å². The molecule has 1 aromatic carbocycles. The SMILES string of the molecule is OC(CCC1CCCO1)c1cccc2ccsc12. The number of aliphatic hydroxyl groups is 1. The summed E-state index contributed by atoms with van der Waals surface area (Å²) in [4.78, 5) is 0. The van der Waals surface area contributed by atoms with Crippen molar-refractivity contribution in [1.82, 2.24) is 0 Å². The zero-order chi connectivity index (χ0) is 12.4. The summed E-state index contributed by atoms with van der Waals surface area (Å²) in [6.07, 6.45) is 4.07. The topological polar surface area (TPSA) is 29.5 Å². The predicted molar refractivity (Wildman–Crippen MR) is 75.0 cm³/mol. The fourth-order valence-electron chi connectivity index (χ4n) is 2.65. The molecule has 2 nitrogen and oxygen atoms in total. The molecule has 2 aromatic rings. The molecule has 2 heterocycles. The van der Waals surface area contributed by atoms with Gasteiger partial charge >= 0.3 is 0 Å². The van der Waals surface area contributed by atoms with E-state index in [9.17, 15) is 5.11 Å². The van der Waals surface area contributed by atoms with Gasteiger partial charge in [0.15, 0.2) is 0 Å². The van der Waals surface area contributed by atoms with Crippen LogP contribution in [0.3, 0.4) is 0 Å². The number of rotatable bonds is 4. The van der Waals surface area contributed by atoms with Crippen molar-refractivity contribution in [3.63, 3.8) is 0 Å². The molecule has 0 bridgehead atoms. The molecule has 0 radical (unpaired) electrons. The van der Waals surface area contributed by atoms with Crippen LogP contribution in [-0.4, -0.2) is 17.8 Å². The van der Waals surface area contributed by atoms with E-state index in [0.29, 0.717) is 6.10 Å². The third-order valence-corrected chi connectivity index (χ3v) is 4.63. The zero-order valence-corrected chi connectivity index (χ0v) is 11.2. The molecule has 1 aromatic heterocycles. The highest BCUT2D eigenvalue weighted by molar-refractivity contribution is 7.17. The molecule has 0 aliphatic carbocycles. The van der Waals surface area contributed by atoms with Crippen LogP contribution in [0.25, 0.3) is 10.1 Å². The lowest BCUT2D eigenvalue weighted by Crippen LogP contribution is -2.08. The van der Waals surface area contributed by atoms with Crippen molar-refractivity contribution in [1.29, 1.82) is 0 Å². The predicted octanol–water partition coefficient (Wildman–Crippen LogP) is 3.89. The molecule has 3 rings (SSSR count). The minimum Gasteiger partial charge on any atom is -0.388 e. The molecule has 2 unspecified atom stereocenters. The smallest absolute Gasteiger partial charge is 0.0804 e. The first-order valence-electron chi connectivity index (χ1n) is 6.60. The molecule has 0 spiro atoms. The normalized spacial score (nSPS) is 21.5. The molecule has 2 atom stereocenters. The van der Waals surface area contributed by atoms with Crippen molar-refractivity contribution in [2.24, 2.45) is 0 Å². The van der Waals surface area contributed by atoms with Crippen LogP contribution in [0.1, 0.15) is 37.4 Å². The van der Waals surface area contributed by atoms with E-state index in [-0.39, 0.29) is 6.10 Å². The van der Waals surface area contributed by atoms with E-state index in [0.717, 1.165) is 31.4 Å². The van der Waals surface area contributed by atoms with Crippen molar-refractivity contribution >= 4 is 21.4 Å². The van der Waals surface area contributed by atoms with Crippen molar-refractivity contribution in [2.75, 3.05) is 6.61 Å². The molecule has 1 N–H and O–H groups in total. The fraction of sp³-hybridized carbons (Fsp3) is 0.467. The monoisotopic (exact) mass is 262 g/mol. The second kappa shape index (κ2) is 5.39. The van der Waals surface area contributed by atoms with Crippen LogP contribution in [0, 0.1) is 0 Å². The minimum atomic E-state index is -0.364. The van der Waals surface area contributed by atoms with Crippen LogP contribution in [0.15, 0.2) is 29.6 Å². The van der Waals surface area contributed by atoms with Gasteiger partial charge in [-0.15, -0.1) is 11.3 Å². The highest BCUT2D eigenvalue weighted by atomic mass is 32.1. The third kappa shape index (κ3) is 2.44. The maximum Gasteiger partial charge on any atom is 0.0804 e. The lowest BCUT2D eigenvalue weighted by atomic mass is 10.0. The van der Waals surface area contributed by atoms with E-state index >= 15 is 0 Å². The van der Waals surface area contributed by atoms with Gasteiger partial charge in [0, 0.05) is 11.3 Å². The Kier molecular flexibility index (Phi) is 3.64. The number of hydrogen-bond acceptors (Lipinski definition) is 3. The molecule has 1 aliphatic rings. The van der Waals surface area contributed by atoms with Crippen molar-refractivity contribution in [3.8, 4) is 0 Å². The largest absolute Gasteiger partial charge is 0.388 e. The minimum absolute atomic E-state index is 0.363. The van der Waals surface area contributed by atoms with E-state index in [4.69, 9.17) is 4.74 Å². The van der Waals surface area contributed by atoms with Gasteiger partial charge in [-0.1, -0.05) is 18.2 Å². The Bertz CT molecular complexity index is 514. The highest BCUT2D eigenvalue weighted by Gasteiger charge is 2.18. The van der Waals surface area contributed by atoms with Crippen molar-refractivity contribution in [2.45, 2.75) is 37.9 Å². The first-order valence-corrected chi connectivity index (χ1v) is 7.48. The van der Waals surface area contributed by atoms with E-state index in [1.165, 1.54) is 16.5 Å². The Morgan fingerprint density at radius 3 is 3.17 bits per heavy atom. The summed E-state index contributed by atoms with van der Waals surface area (Å²) in [6.45, 7) is 0.890. The van der Waals surface area contributed by atoms with Gasteiger partial charge in [0.05, 0.1) is 12.2 Å². The Balaban J connectivity index is 1.71. The Morgan fingerprint density at radius 2 is 2.33 bits per heavy atom. The molecule has 1 fully saturated rings. The summed E-state index contributed by atoms with van der Waals surface area (Å²) in [6, 6.07) is 8.27. The first kappa shape index (κ1) is 12.2. The maximum atomic E-state index is 10.3. The van der Waals surface area contributed by atoms with E-state index in [1.807, 2.05) is 12.1 Å². The van der Waals surface area contributed by atoms with Gasteiger partial charge in [-0.2, -0.15) is 0 Å². The molecular formula is C15H18O2S. The summed E-state index contributed by atoms with van der Waals surface area (Å²) in [5.41, 5.74) is 1.07. The second-order valence-corrected chi connectivity index (χ2v) is 5.83. The van der Waals surface area contributed by atoms with Gasteiger partial charge in [0.2, 0.25) is 0 Å². The molecule has 0 saturated carbocycles. The summed E-state index contributed by atoms with van der Waals surface area (Å²) in [5, 5.41) is 13.7. The second-order valence-electron chi connectivity index (χ2n) is 4.91. The molecule has 1 saturated heterocycles. The van der Waals surface area contributed by atoms with Crippen molar-refractivity contribution in [3.05, 3.63) is 35.2 Å². The lowest BCUT2D eigenvalue weighted by Gasteiger charge is -2.14. The van der Waals surface area contributed by atoms with Crippen LogP contribution in [-0.2, 0) is 4.74 Å². The molecule has 3 heteroatoms. The van der Waals surface area contributed by atoms with Gasteiger partial charge in [-0.25, -0.2) is 0 Å². The van der Waals surface area contributed by atoms with E-state index in [2.05, 4.69) is 17.5 Å². The summed E-state index contributed by atoms with van der Waals surface area (Å²) >= 11 is 1.71. The van der Waals surface area contributed by atoms with Crippen LogP contribution in [0.4, 0.5) is 0 Å². The first-order chi connectivity index (χ1) is 8.84. The molecule has 96 valence electrons. The average Bonchev–Trinajstić information content (AvgIpc) is 3.05. The standard InChI is InChI=1S/C15H18O2S/c16-14(7-6-12-4-2-9-17-12)13-5-1-3-11-8-10-18-15(11)13/h1,3,5,8,10,12,14,16H,2,4,6-7,9H2. The number of aliphatic hydroxyl groups excluding tert-OH is 1. The van der Waals surface area contributed by atoms with Crippen LogP contribution >= 0.6 is 11.3 Å². The van der Waals surface area contributed by atoms with Gasteiger partial charge in [-0.05, 0) is 48.1 Å². The summed E-state index contributed by atoms with van der Waals surface area (Å²) in [7, 11) is 0. The quantitative estimate of drug-likeness (QED) is 0.905. The fourth-order valence-corrected chi connectivity index (χ4v) is 3.61. The number of fused-ring (bicyclic) bond motifs is 1. The highest BCUT2D eigenvalue weighted by Crippen LogP contribution is 2.32. The Hall–Kier alpha value is -0.900. The Labute approximate surface area is 111 Å².